The standard InChI is InChI=1S/C35H42F3N3O6S/c1-4-48(44,45)32-15-7-25(8-16-32)33(20-42)39-34(43)26-5-11-28(12-6-26)41-19-31(47-30-13-9-27(10-14-30)35(36,37)38)17-29(41)18-40-23(2)21-46-22-24(40)3/h5-16,23-24,29,31,33,42H,4,17-22H2,1-3H3,(H,39,43)/t23?,24?,29-,31+,33-/m0/s1. The number of sulfone groups is 1. The van der Waals surface area contributed by atoms with Crippen molar-refractivity contribution < 1.29 is 41.0 Å². The van der Waals surface area contributed by atoms with E-state index in [2.05, 4.69) is 29.0 Å². The first-order chi connectivity index (χ1) is 22.8. The quantitative estimate of drug-likeness (QED) is 0.287. The minimum atomic E-state index is -4.42. The molecule has 2 heterocycles. The SMILES string of the molecule is CCS(=O)(=O)c1ccc([C@H](CO)NC(=O)c2ccc(N3C[C@H](Oc4ccc(C(F)(F)F)cc4)C[C@H]3CN3C(C)COCC3C)cc2)cc1. The fourth-order valence-corrected chi connectivity index (χ4v) is 7.24. The number of aliphatic hydroxyl groups is 1. The molecule has 0 radical (unpaired) electrons. The number of amides is 1. The second kappa shape index (κ2) is 14.9. The summed E-state index contributed by atoms with van der Waals surface area (Å²) in [5.74, 6) is -0.0593. The molecule has 2 aliphatic rings. The van der Waals surface area contributed by atoms with Crippen molar-refractivity contribution in [2.45, 2.75) is 68.5 Å². The number of benzene rings is 3. The number of carbonyl (C=O) groups excluding carboxylic acids is 1. The Balaban J connectivity index is 1.30. The lowest BCUT2D eigenvalue weighted by atomic mass is 10.1. The first-order valence-corrected chi connectivity index (χ1v) is 17.7. The summed E-state index contributed by atoms with van der Waals surface area (Å²) in [6.07, 6.45) is -4.05. The van der Waals surface area contributed by atoms with Gasteiger partial charge >= 0.3 is 6.18 Å². The minimum Gasteiger partial charge on any atom is -0.489 e. The van der Waals surface area contributed by atoms with E-state index in [1.807, 2.05) is 12.1 Å². The summed E-state index contributed by atoms with van der Waals surface area (Å²) < 4.78 is 75.5. The van der Waals surface area contributed by atoms with E-state index < -0.39 is 33.5 Å². The molecule has 2 saturated heterocycles. The van der Waals surface area contributed by atoms with Gasteiger partial charge in [0, 0.05) is 42.3 Å². The molecule has 0 aromatic heterocycles. The molecular formula is C35H42F3N3O6S. The topological polar surface area (TPSA) is 108 Å². The van der Waals surface area contributed by atoms with Crippen molar-refractivity contribution in [3.8, 4) is 5.75 Å². The number of morpholine rings is 1. The van der Waals surface area contributed by atoms with E-state index in [1.165, 1.54) is 24.3 Å². The number of anilines is 1. The van der Waals surface area contributed by atoms with E-state index in [0.29, 0.717) is 43.1 Å². The van der Waals surface area contributed by atoms with Crippen LogP contribution in [0.2, 0.25) is 0 Å². The van der Waals surface area contributed by atoms with Crippen molar-refractivity contribution in [2.75, 3.05) is 43.6 Å². The molecule has 3 aromatic rings. The Morgan fingerprint density at radius 2 is 1.62 bits per heavy atom. The summed E-state index contributed by atoms with van der Waals surface area (Å²) in [6, 6.07) is 17.7. The van der Waals surface area contributed by atoms with Gasteiger partial charge in [0.15, 0.2) is 9.84 Å². The maximum absolute atomic E-state index is 13.2. The number of alkyl halides is 3. The van der Waals surface area contributed by atoms with E-state index >= 15 is 0 Å². The third kappa shape index (κ3) is 8.31. The lowest BCUT2D eigenvalue weighted by Crippen LogP contribution is -2.54. The Morgan fingerprint density at radius 1 is 1.00 bits per heavy atom. The molecular weight excluding hydrogens is 647 g/mol. The van der Waals surface area contributed by atoms with Crippen LogP contribution in [0.1, 0.15) is 54.7 Å². The van der Waals surface area contributed by atoms with Crippen molar-refractivity contribution in [2.24, 2.45) is 0 Å². The van der Waals surface area contributed by atoms with Gasteiger partial charge in [0.2, 0.25) is 0 Å². The van der Waals surface area contributed by atoms with Gasteiger partial charge in [0.1, 0.15) is 11.9 Å². The Hall–Kier alpha value is -3.65. The maximum Gasteiger partial charge on any atom is 0.416 e. The van der Waals surface area contributed by atoms with Crippen LogP contribution in [0.5, 0.6) is 5.75 Å². The normalized spacial score (nSPS) is 22.8. The molecule has 9 nitrogen and oxygen atoms in total. The molecule has 3 aromatic carbocycles. The molecule has 0 saturated carbocycles. The number of aliphatic hydroxyl groups excluding tert-OH is 1. The molecule has 2 unspecified atom stereocenters. The smallest absolute Gasteiger partial charge is 0.416 e. The Labute approximate surface area is 279 Å². The van der Waals surface area contributed by atoms with Crippen LogP contribution in [0.4, 0.5) is 18.9 Å². The molecule has 0 bridgehead atoms. The summed E-state index contributed by atoms with van der Waals surface area (Å²) in [6.45, 7) is 7.93. The van der Waals surface area contributed by atoms with Crippen LogP contribution >= 0.6 is 0 Å². The summed E-state index contributed by atoms with van der Waals surface area (Å²) in [7, 11) is -3.38. The highest BCUT2D eigenvalue weighted by Crippen LogP contribution is 2.33. The van der Waals surface area contributed by atoms with Crippen LogP contribution in [-0.2, 0) is 20.8 Å². The minimum absolute atomic E-state index is 0.0288. The zero-order valence-corrected chi connectivity index (χ0v) is 28.0. The number of hydrogen-bond acceptors (Lipinski definition) is 8. The average molecular weight is 690 g/mol. The van der Waals surface area contributed by atoms with Gasteiger partial charge in [-0.1, -0.05) is 19.1 Å². The summed E-state index contributed by atoms with van der Waals surface area (Å²) in [4.78, 5) is 18.0. The monoisotopic (exact) mass is 689 g/mol. The Morgan fingerprint density at radius 3 is 2.19 bits per heavy atom. The lowest BCUT2D eigenvalue weighted by molar-refractivity contribution is -0.137. The molecule has 5 atom stereocenters. The van der Waals surface area contributed by atoms with Gasteiger partial charge in [-0.15, -0.1) is 0 Å². The number of halogens is 3. The summed E-state index contributed by atoms with van der Waals surface area (Å²) in [5, 5.41) is 12.8. The third-order valence-corrected chi connectivity index (χ3v) is 10.9. The average Bonchev–Trinajstić information content (AvgIpc) is 3.47. The van der Waals surface area contributed by atoms with Gasteiger partial charge in [0.25, 0.3) is 5.91 Å². The molecule has 260 valence electrons. The number of hydrogen-bond donors (Lipinski definition) is 2. The predicted octanol–water partition coefficient (Wildman–Crippen LogP) is 5.10. The molecule has 2 fully saturated rings. The molecule has 2 aliphatic heterocycles. The van der Waals surface area contributed by atoms with E-state index in [-0.39, 0.29) is 41.5 Å². The predicted molar refractivity (Wildman–Crippen MR) is 176 cm³/mol. The van der Waals surface area contributed by atoms with E-state index in [9.17, 15) is 31.5 Å². The lowest BCUT2D eigenvalue weighted by Gasteiger charge is -2.41. The number of rotatable bonds is 11. The van der Waals surface area contributed by atoms with Crippen molar-refractivity contribution in [1.29, 1.82) is 0 Å². The largest absolute Gasteiger partial charge is 0.489 e. The van der Waals surface area contributed by atoms with Crippen LogP contribution in [0.25, 0.3) is 0 Å². The third-order valence-electron chi connectivity index (χ3n) is 9.10. The van der Waals surface area contributed by atoms with Crippen molar-refractivity contribution in [1.82, 2.24) is 10.2 Å². The Bertz CT molecular complexity index is 1630. The second-order valence-corrected chi connectivity index (χ2v) is 14.7. The van der Waals surface area contributed by atoms with Crippen LogP contribution in [0.15, 0.2) is 77.7 Å². The highest BCUT2D eigenvalue weighted by atomic mass is 32.2. The molecule has 1 amide bonds. The number of carbonyl (C=O) groups is 1. The van der Waals surface area contributed by atoms with Gasteiger partial charge in [-0.3, -0.25) is 9.69 Å². The van der Waals surface area contributed by atoms with Crippen LogP contribution < -0.4 is 15.0 Å². The van der Waals surface area contributed by atoms with Crippen molar-refractivity contribution >= 4 is 21.4 Å². The number of nitrogens with one attached hydrogen (secondary N) is 1. The highest BCUT2D eigenvalue weighted by molar-refractivity contribution is 7.91. The maximum atomic E-state index is 13.2. The summed E-state index contributed by atoms with van der Waals surface area (Å²) in [5.41, 5.74) is 1.09. The zero-order valence-electron chi connectivity index (χ0n) is 27.2. The highest BCUT2D eigenvalue weighted by Gasteiger charge is 2.38. The molecule has 5 rings (SSSR count). The van der Waals surface area contributed by atoms with Crippen molar-refractivity contribution in [3.05, 3.63) is 89.5 Å². The first kappa shape index (κ1) is 35.7. The Kier molecular flexibility index (Phi) is 11.0. The van der Waals surface area contributed by atoms with Crippen LogP contribution in [0, 0.1) is 0 Å². The molecule has 48 heavy (non-hydrogen) atoms. The van der Waals surface area contributed by atoms with Crippen molar-refractivity contribution in [3.63, 3.8) is 0 Å². The van der Waals surface area contributed by atoms with Gasteiger partial charge in [-0.25, -0.2) is 8.42 Å². The van der Waals surface area contributed by atoms with E-state index in [1.54, 1.807) is 31.2 Å². The van der Waals surface area contributed by atoms with Crippen LogP contribution in [-0.4, -0.2) is 87.2 Å². The molecule has 0 aliphatic carbocycles. The second-order valence-electron chi connectivity index (χ2n) is 12.5. The zero-order chi connectivity index (χ0) is 34.6. The number of nitrogens with zero attached hydrogens (tertiary/aromatic N) is 2. The van der Waals surface area contributed by atoms with Gasteiger partial charge < -0.3 is 24.8 Å². The fourth-order valence-electron chi connectivity index (χ4n) is 6.36. The van der Waals surface area contributed by atoms with Gasteiger partial charge in [0.05, 0.1) is 48.6 Å². The van der Waals surface area contributed by atoms with Crippen LogP contribution in [0.3, 0.4) is 0 Å². The van der Waals surface area contributed by atoms with E-state index in [0.717, 1.165) is 24.4 Å². The molecule has 0 spiro atoms. The van der Waals surface area contributed by atoms with Gasteiger partial charge in [-0.05, 0) is 80.1 Å². The fraction of sp³-hybridized carbons (Fsp3) is 0.457. The van der Waals surface area contributed by atoms with Gasteiger partial charge in [-0.2, -0.15) is 13.2 Å². The van der Waals surface area contributed by atoms with E-state index in [4.69, 9.17) is 9.47 Å². The molecule has 2 N–H and O–H groups in total. The summed E-state index contributed by atoms with van der Waals surface area (Å²) >= 11 is 0. The first-order valence-electron chi connectivity index (χ1n) is 16.1. The molecule has 13 heteroatoms. The number of ether oxygens (including phenoxy) is 2.